The highest BCUT2D eigenvalue weighted by molar-refractivity contribution is 6.72. The number of hydrogen-bond donors (Lipinski definition) is 0. The molecule has 0 aliphatic carbocycles. The van der Waals surface area contributed by atoms with Crippen LogP contribution in [0.4, 0.5) is 0 Å². The van der Waals surface area contributed by atoms with Gasteiger partial charge in [0.05, 0.1) is 7.11 Å². The van der Waals surface area contributed by atoms with E-state index in [1.54, 1.807) is 31.2 Å². The fourth-order valence-corrected chi connectivity index (χ4v) is 1.68. The van der Waals surface area contributed by atoms with Crippen LogP contribution in [-0.4, -0.2) is 21.9 Å². The molecule has 1 atom stereocenters. The molecule has 0 saturated heterocycles. The van der Waals surface area contributed by atoms with E-state index in [0.29, 0.717) is 5.75 Å². The standard InChI is InChI=1S/C11H10Cl4O3/c1-7-5-3-4-6-8(7)18-10(12,9(16)17-2)11(13,14)15/h3-6H,1-2H3. The predicted molar refractivity (Wildman–Crippen MR) is 72.7 cm³/mol. The lowest BCUT2D eigenvalue weighted by atomic mass is 10.2. The summed E-state index contributed by atoms with van der Waals surface area (Å²) in [5.41, 5.74) is 0.737. The van der Waals surface area contributed by atoms with Crippen LogP contribution in [0.3, 0.4) is 0 Å². The molecule has 1 aromatic carbocycles. The van der Waals surface area contributed by atoms with Gasteiger partial charge >= 0.3 is 11.0 Å². The minimum atomic E-state index is -2.25. The average molecular weight is 332 g/mol. The number of benzene rings is 1. The number of para-hydroxylation sites is 1. The van der Waals surface area contributed by atoms with E-state index < -0.39 is 14.8 Å². The number of hydrogen-bond acceptors (Lipinski definition) is 3. The molecule has 3 nitrogen and oxygen atoms in total. The van der Waals surface area contributed by atoms with Crippen molar-refractivity contribution >= 4 is 52.4 Å². The van der Waals surface area contributed by atoms with Crippen LogP contribution in [0.2, 0.25) is 0 Å². The molecule has 0 spiro atoms. The van der Waals surface area contributed by atoms with Gasteiger partial charge in [0.2, 0.25) is 0 Å². The highest BCUT2D eigenvalue weighted by Gasteiger charge is 2.58. The predicted octanol–water partition coefficient (Wildman–Crippen LogP) is 3.85. The van der Waals surface area contributed by atoms with E-state index in [-0.39, 0.29) is 0 Å². The molecule has 1 rings (SSSR count). The number of carbonyl (C=O) groups is 1. The summed E-state index contributed by atoms with van der Waals surface area (Å²) >= 11 is 23.0. The summed E-state index contributed by atoms with van der Waals surface area (Å²) in [7, 11) is 1.12. The molecule has 0 aliphatic heterocycles. The number of ether oxygens (including phenoxy) is 2. The van der Waals surface area contributed by atoms with Crippen molar-refractivity contribution in [3.63, 3.8) is 0 Å². The Hall–Kier alpha value is -0.350. The molecule has 0 amide bonds. The molecular weight excluding hydrogens is 322 g/mol. The molecule has 18 heavy (non-hydrogen) atoms. The zero-order valence-corrected chi connectivity index (χ0v) is 12.6. The molecule has 7 heteroatoms. The third-order valence-corrected chi connectivity index (χ3v) is 3.76. The third kappa shape index (κ3) is 3.15. The van der Waals surface area contributed by atoms with Gasteiger partial charge < -0.3 is 9.47 Å². The van der Waals surface area contributed by atoms with E-state index in [2.05, 4.69) is 4.74 Å². The SMILES string of the molecule is COC(=O)C(Cl)(Oc1ccccc1C)C(Cl)(Cl)Cl. The first kappa shape index (κ1) is 15.7. The Bertz CT molecular complexity index is 444. The minimum absolute atomic E-state index is 0.323. The highest BCUT2D eigenvalue weighted by atomic mass is 35.6. The Morgan fingerprint density at radius 1 is 1.17 bits per heavy atom. The molecule has 0 bridgehead atoms. The topological polar surface area (TPSA) is 35.5 Å². The molecule has 0 N–H and O–H groups in total. The van der Waals surface area contributed by atoms with Crippen LogP contribution in [-0.2, 0) is 9.53 Å². The smallest absolute Gasteiger partial charge is 0.371 e. The first-order valence-electron chi connectivity index (χ1n) is 4.81. The second-order valence-corrected chi connectivity index (χ2v) is 6.27. The Kier molecular flexibility index (Phi) is 5.01. The summed E-state index contributed by atoms with van der Waals surface area (Å²) < 4.78 is 7.66. The van der Waals surface area contributed by atoms with Gasteiger partial charge in [-0.05, 0) is 18.6 Å². The van der Waals surface area contributed by atoms with Gasteiger partial charge in [-0.2, -0.15) is 0 Å². The minimum Gasteiger partial charge on any atom is -0.465 e. The molecule has 0 heterocycles. The molecule has 1 aromatic rings. The fourth-order valence-electron chi connectivity index (χ4n) is 1.17. The van der Waals surface area contributed by atoms with Crippen molar-refractivity contribution in [3.8, 4) is 5.75 Å². The lowest BCUT2D eigenvalue weighted by Gasteiger charge is -2.31. The lowest BCUT2D eigenvalue weighted by Crippen LogP contribution is -2.51. The number of aryl methyl sites for hydroxylation is 1. The molecule has 0 fully saturated rings. The summed E-state index contributed by atoms with van der Waals surface area (Å²) in [6.45, 7) is 1.77. The maximum atomic E-state index is 11.7. The summed E-state index contributed by atoms with van der Waals surface area (Å²) in [5.74, 6) is -0.670. The van der Waals surface area contributed by atoms with Crippen molar-refractivity contribution in [3.05, 3.63) is 29.8 Å². The van der Waals surface area contributed by atoms with Crippen LogP contribution >= 0.6 is 46.4 Å². The van der Waals surface area contributed by atoms with E-state index in [0.717, 1.165) is 12.7 Å². The number of halogens is 4. The molecule has 0 radical (unpaired) electrons. The number of carbonyl (C=O) groups excluding carboxylic acids is 1. The number of alkyl halides is 4. The quantitative estimate of drug-likeness (QED) is 0.623. The van der Waals surface area contributed by atoms with Gasteiger partial charge in [-0.3, -0.25) is 0 Å². The Labute approximate surface area is 125 Å². The number of methoxy groups -OCH3 is 1. The maximum Gasteiger partial charge on any atom is 0.371 e. The maximum absolute atomic E-state index is 11.7. The van der Waals surface area contributed by atoms with Crippen molar-refractivity contribution < 1.29 is 14.3 Å². The number of rotatable bonds is 3. The molecule has 0 saturated carbocycles. The van der Waals surface area contributed by atoms with Crippen molar-refractivity contribution in [2.24, 2.45) is 0 Å². The normalized spacial score (nSPS) is 14.8. The van der Waals surface area contributed by atoms with Crippen LogP contribution < -0.4 is 4.74 Å². The second-order valence-electron chi connectivity index (χ2n) is 3.45. The monoisotopic (exact) mass is 330 g/mol. The van der Waals surface area contributed by atoms with E-state index in [4.69, 9.17) is 51.1 Å². The van der Waals surface area contributed by atoms with E-state index in [9.17, 15) is 4.79 Å². The molecule has 0 aromatic heterocycles. The first-order valence-corrected chi connectivity index (χ1v) is 6.32. The average Bonchev–Trinajstić information content (AvgIpc) is 2.29. The van der Waals surface area contributed by atoms with Gasteiger partial charge in [0.25, 0.3) is 3.79 Å². The lowest BCUT2D eigenvalue weighted by molar-refractivity contribution is -0.151. The van der Waals surface area contributed by atoms with Gasteiger partial charge in [-0.1, -0.05) is 64.6 Å². The molecular formula is C11H10Cl4O3. The van der Waals surface area contributed by atoms with E-state index in [1.165, 1.54) is 0 Å². The van der Waals surface area contributed by atoms with Crippen molar-refractivity contribution in [1.82, 2.24) is 0 Å². The summed E-state index contributed by atoms with van der Waals surface area (Å²) in [6, 6.07) is 6.87. The van der Waals surface area contributed by atoms with Crippen LogP contribution in [0, 0.1) is 6.92 Å². The van der Waals surface area contributed by atoms with E-state index >= 15 is 0 Å². The van der Waals surface area contributed by atoms with Crippen molar-refractivity contribution in [1.29, 1.82) is 0 Å². The van der Waals surface area contributed by atoms with Crippen molar-refractivity contribution in [2.75, 3.05) is 7.11 Å². The summed E-state index contributed by atoms with van der Waals surface area (Å²) in [4.78, 5) is 11.7. The van der Waals surface area contributed by atoms with Crippen LogP contribution in [0.1, 0.15) is 5.56 Å². The van der Waals surface area contributed by atoms with Crippen molar-refractivity contribution in [2.45, 2.75) is 15.8 Å². The molecule has 0 aliphatic rings. The van der Waals surface area contributed by atoms with Gasteiger partial charge in [-0.25, -0.2) is 4.79 Å². The Morgan fingerprint density at radius 2 is 1.72 bits per heavy atom. The van der Waals surface area contributed by atoms with Crippen LogP contribution in [0.25, 0.3) is 0 Å². The first-order chi connectivity index (χ1) is 8.22. The van der Waals surface area contributed by atoms with Gasteiger partial charge in [0.1, 0.15) is 5.75 Å². The Balaban J connectivity index is 3.16. The highest BCUT2D eigenvalue weighted by Crippen LogP contribution is 2.45. The molecule has 100 valence electrons. The van der Waals surface area contributed by atoms with Gasteiger partial charge in [-0.15, -0.1) is 0 Å². The zero-order chi connectivity index (χ0) is 14.0. The zero-order valence-electron chi connectivity index (χ0n) is 9.55. The van der Waals surface area contributed by atoms with Gasteiger partial charge in [0.15, 0.2) is 0 Å². The largest absolute Gasteiger partial charge is 0.465 e. The van der Waals surface area contributed by atoms with Crippen LogP contribution in [0.5, 0.6) is 5.75 Å². The summed E-state index contributed by atoms with van der Waals surface area (Å²) in [5, 5.41) is -2.25. The summed E-state index contributed by atoms with van der Waals surface area (Å²) in [6.07, 6.45) is 0. The van der Waals surface area contributed by atoms with Crippen LogP contribution in [0.15, 0.2) is 24.3 Å². The van der Waals surface area contributed by atoms with Gasteiger partial charge in [0, 0.05) is 0 Å². The Morgan fingerprint density at radius 3 is 2.17 bits per heavy atom. The molecule has 1 unspecified atom stereocenters. The fraction of sp³-hybridized carbons (Fsp3) is 0.364. The second kappa shape index (κ2) is 5.74. The number of esters is 1. The third-order valence-electron chi connectivity index (χ3n) is 2.16. The van der Waals surface area contributed by atoms with E-state index in [1.807, 2.05) is 0 Å².